The number of hydrogen-bond donors (Lipinski definition) is 0. The summed E-state index contributed by atoms with van der Waals surface area (Å²) in [7, 11) is 0. The minimum Gasteiger partial charge on any atom is -0.456 e. The van der Waals surface area contributed by atoms with E-state index in [1.165, 1.54) is 70.0 Å². The van der Waals surface area contributed by atoms with Crippen LogP contribution >= 0.6 is 0 Å². The highest BCUT2D eigenvalue weighted by Gasteiger charge is 2.25. The fraction of sp³-hybridized carbons (Fsp3) is 0. The number of fused-ring (bicyclic) bond motifs is 26. The summed E-state index contributed by atoms with van der Waals surface area (Å²) in [5.41, 5.74) is 15.5. The van der Waals surface area contributed by atoms with Crippen LogP contribution in [0, 0.1) is 0 Å². The third kappa shape index (κ3) is 10.5. The van der Waals surface area contributed by atoms with E-state index in [1.807, 2.05) is 54.6 Å². The van der Waals surface area contributed by atoms with Gasteiger partial charge in [-0.3, -0.25) is 0 Å². The minimum absolute atomic E-state index is 0.561. The molecule has 0 radical (unpaired) electrons. The van der Waals surface area contributed by atoms with Gasteiger partial charge in [-0.25, -0.2) is 29.9 Å². The fourth-order valence-electron chi connectivity index (χ4n) is 19.0. The molecule has 26 rings (SSSR count). The average Bonchev–Trinajstić information content (AvgIpc) is 1.57. The number of nitrogens with zero attached hydrogens (tertiary/aromatic N) is 8. The van der Waals surface area contributed by atoms with Crippen LogP contribution in [0.5, 0.6) is 0 Å². The molecule has 0 aliphatic rings. The Kier molecular flexibility index (Phi) is 14.9. The average molecular weight is 1530 g/mol. The summed E-state index contributed by atoms with van der Waals surface area (Å²) in [5, 5.41) is 28.3. The summed E-state index contributed by atoms with van der Waals surface area (Å²) < 4.78 is 17.5. The van der Waals surface area contributed by atoms with Crippen LogP contribution in [0.2, 0.25) is 0 Å². The number of para-hydroxylation sites is 5. The van der Waals surface area contributed by atoms with Crippen molar-refractivity contribution < 1.29 is 8.83 Å². The van der Waals surface area contributed by atoms with Gasteiger partial charge in [0.05, 0.1) is 27.6 Å². The Morgan fingerprint density at radius 2 is 0.467 bits per heavy atom. The van der Waals surface area contributed by atoms with Gasteiger partial charge in [0.1, 0.15) is 22.3 Å². The molecular formula is C110H64N8O2. The van der Waals surface area contributed by atoms with Gasteiger partial charge in [0.2, 0.25) is 0 Å². The standard InChI is InChI=1S/2C55H32N4O/c1-2-15-36-33(13-1)14-11-23-45(36)54-56-53(57-55(58-54)46-24-12-22-44-43-21-8-10-26-51(43)60-52(44)46)34-27-30-50-48(31-34)42-20-7-9-25-49(42)59(50)35-28-29-41-39-18-4-3-16-37(39)38-17-5-6-19-40(38)47(41)32-35;1-2-14-37-33(12-1)13-11-21-45(37)55-57-53(56-54(58-55)35-25-29-52-48(31-35)44-20-8-10-23-51(44)60-52)34-24-28-50-47(30-34)43-19-7-9-22-49(43)59(50)36-26-27-42-40-17-4-3-15-38(40)39-16-5-6-18-41(39)46(42)32-36/h2*1-32H. The summed E-state index contributed by atoms with van der Waals surface area (Å²) in [4.78, 5) is 31.4. The maximum atomic E-state index is 6.52. The lowest BCUT2D eigenvalue weighted by Crippen LogP contribution is -2.01. The van der Waals surface area contributed by atoms with E-state index in [1.54, 1.807) is 0 Å². The lowest BCUT2D eigenvalue weighted by molar-refractivity contribution is 0.669. The molecule has 0 saturated heterocycles. The van der Waals surface area contributed by atoms with Crippen molar-refractivity contribution in [1.82, 2.24) is 39.0 Å². The van der Waals surface area contributed by atoms with Crippen molar-refractivity contribution in [2.45, 2.75) is 0 Å². The van der Waals surface area contributed by atoms with Crippen molar-refractivity contribution in [3.8, 4) is 79.7 Å². The lowest BCUT2D eigenvalue weighted by Gasteiger charge is -2.14. The zero-order chi connectivity index (χ0) is 78.6. The van der Waals surface area contributed by atoms with E-state index < -0.39 is 0 Å². The normalized spacial score (nSPS) is 12.0. The Morgan fingerprint density at radius 3 is 0.942 bits per heavy atom. The van der Waals surface area contributed by atoms with E-state index in [4.69, 9.17) is 38.7 Å². The zero-order valence-corrected chi connectivity index (χ0v) is 64.3. The lowest BCUT2D eigenvalue weighted by atomic mass is 9.94. The van der Waals surface area contributed by atoms with Gasteiger partial charge in [0, 0.05) is 82.3 Å². The first-order chi connectivity index (χ1) is 59.5. The zero-order valence-electron chi connectivity index (χ0n) is 64.3. The molecule has 0 N–H and O–H groups in total. The molecule has 0 aliphatic carbocycles. The van der Waals surface area contributed by atoms with E-state index >= 15 is 0 Å². The molecule has 120 heavy (non-hydrogen) atoms. The van der Waals surface area contributed by atoms with Gasteiger partial charge in [-0.05, 0) is 195 Å². The fourth-order valence-corrected chi connectivity index (χ4v) is 19.0. The van der Waals surface area contributed by atoms with Crippen molar-refractivity contribution in [1.29, 1.82) is 0 Å². The third-order valence-electron chi connectivity index (χ3n) is 24.4. The van der Waals surface area contributed by atoms with Crippen molar-refractivity contribution in [2.24, 2.45) is 0 Å². The SMILES string of the molecule is c1ccc2c(-c3nc(-c4ccc5c(c4)c4ccccc4n5-c4ccc5c6ccccc6c6ccccc6c5c4)nc(-c4cccc5c4oc4ccccc45)n3)cccc2c1.c1ccc2c(-c3nc(-c4ccc5oc6ccccc6c5c4)nc(-c4ccc5c(c4)c4ccccc4n5-c4ccc5c6ccccc6c6ccccc6c5c4)n3)cccc2c1. The molecule has 0 atom stereocenters. The van der Waals surface area contributed by atoms with Crippen LogP contribution in [0.25, 0.3) is 253 Å². The molecule has 20 aromatic carbocycles. The van der Waals surface area contributed by atoms with Crippen LogP contribution < -0.4 is 0 Å². The molecule has 10 nitrogen and oxygen atoms in total. The first-order valence-corrected chi connectivity index (χ1v) is 40.5. The Bertz CT molecular complexity index is 8760. The number of aromatic nitrogens is 8. The molecule has 0 bridgehead atoms. The van der Waals surface area contributed by atoms with Crippen molar-refractivity contribution >= 4 is 174 Å². The van der Waals surface area contributed by atoms with Crippen molar-refractivity contribution in [3.63, 3.8) is 0 Å². The van der Waals surface area contributed by atoms with Gasteiger partial charge < -0.3 is 18.0 Å². The van der Waals surface area contributed by atoms with Crippen LogP contribution in [0.1, 0.15) is 0 Å². The van der Waals surface area contributed by atoms with Crippen LogP contribution in [0.15, 0.2) is 397 Å². The second-order valence-electron chi connectivity index (χ2n) is 31.1. The molecule has 0 fully saturated rings. The van der Waals surface area contributed by atoms with E-state index in [9.17, 15) is 0 Å². The smallest absolute Gasteiger partial charge is 0.167 e. The predicted molar refractivity (Wildman–Crippen MR) is 496 cm³/mol. The summed E-state index contributed by atoms with van der Waals surface area (Å²) >= 11 is 0. The second kappa shape index (κ2) is 26.6. The molecule has 10 heteroatoms. The molecule has 0 spiro atoms. The van der Waals surface area contributed by atoms with Crippen LogP contribution in [-0.4, -0.2) is 39.0 Å². The predicted octanol–water partition coefficient (Wildman–Crippen LogP) is 29.0. The molecule has 0 saturated carbocycles. The third-order valence-corrected chi connectivity index (χ3v) is 24.4. The van der Waals surface area contributed by atoms with Crippen molar-refractivity contribution in [2.75, 3.05) is 0 Å². The van der Waals surface area contributed by atoms with Gasteiger partial charge in [0.25, 0.3) is 0 Å². The number of benzene rings is 20. The Hall–Kier alpha value is -16.3. The second-order valence-corrected chi connectivity index (χ2v) is 31.1. The van der Waals surface area contributed by atoms with Gasteiger partial charge in [0.15, 0.2) is 34.9 Å². The molecule has 0 unspecified atom stereocenters. The van der Waals surface area contributed by atoms with E-state index in [2.05, 4.69) is 343 Å². The van der Waals surface area contributed by atoms with Crippen LogP contribution in [-0.2, 0) is 0 Å². The first-order valence-electron chi connectivity index (χ1n) is 40.5. The summed E-state index contributed by atoms with van der Waals surface area (Å²) in [5.74, 6) is 3.61. The summed E-state index contributed by atoms with van der Waals surface area (Å²) in [6.45, 7) is 0. The maximum absolute atomic E-state index is 6.52. The summed E-state index contributed by atoms with van der Waals surface area (Å²) in [6, 6.07) is 137. The molecule has 0 aliphatic heterocycles. The largest absolute Gasteiger partial charge is 0.456 e. The van der Waals surface area contributed by atoms with Gasteiger partial charge >= 0.3 is 0 Å². The van der Waals surface area contributed by atoms with Crippen LogP contribution in [0.3, 0.4) is 0 Å². The number of rotatable bonds is 8. The highest BCUT2D eigenvalue weighted by atomic mass is 16.3. The molecule has 6 heterocycles. The Morgan fingerprint density at radius 1 is 0.167 bits per heavy atom. The van der Waals surface area contributed by atoms with Gasteiger partial charge in [-0.15, -0.1) is 0 Å². The molecule has 556 valence electrons. The van der Waals surface area contributed by atoms with Crippen LogP contribution in [0.4, 0.5) is 0 Å². The highest BCUT2D eigenvalue weighted by molar-refractivity contribution is 6.27. The highest BCUT2D eigenvalue weighted by Crippen LogP contribution is 2.45. The Balaban J connectivity index is 0.000000133. The first kappa shape index (κ1) is 67.1. The van der Waals surface area contributed by atoms with Crippen molar-refractivity contribution in [3.05, 3.63) is 388 Å². The molecule has 6 aromatic heterocycles. The Labute approximate surface area is 685 Å². The molecular weight excluding hydrogens is 1470 g/mol. The number of hydrogen-bond acceptors (Lipinski definition) is 8. The maximum Gasteiger partial charge on any atom is 0.167 e. The number of furan rings is 2. The van der Waals surface area contributed by atoms with Gasteiger partial charge in [-0.2, -0.15) is 0 Å². The van der Waals surface area contributed by atoms with E-state index in [0.717, 1.165) is 148 Å². The quantitative estimate of drug-likeness (QED) is 0.138. The summed E-state index contributed by atoms with van der Waals surface area (Å²) in [6.07, 6.45) is 0. The van der Waals surface area contributed by atoms with E-state index in [-0.39, 0.29) is 0 Å². The molecule has 0 amide bonds. The van der Waals surface area contributed by atoms with E-state index in [0.29, 0.717) is 34.9 Å². The monoisotopic (exact) mass is 1530 g/mol. The minimum atomic E-state index is 0.561. The van der Waals surface area contributed by atoms with Gasteiger partial charge in [-0.1, -0.05) is 279 Å². The molecule has 26 aromatic rings. The topological polar surface area (TPSA) is 113 Å².